The summed E-state index contributed by atoms with van der Waals surface area (Å²) >= 11 is 0. The first-order valence-corrected chi connectivity index (χ1v) is 6.03. The van der Waals surface area contributed by atoms with Gasteiger partial charge in [0.25, 0.3) is 0 Å². The van der Waals surface area contributed by atoms with Crippen LogP contribution in [-0.2, 0) is 6.54 Å². The highest BCUT2D eigenvalue weighted by molar-refractivity contribution is 5.29. The van der Waals surface area contributed by atoms with Crippen LogP contribution >= 0.6 is 0 Å². The Kier molecular flexibility index (Phi) is 3.72. The fourth-order valence-electron chi connectivity index (χ4n) is 1.77. The zero-order valence-electron chi connectivity index (χ0n) is 10.1. The van der Waals surface area contributed by atoms with Crippen LogP contribution < -0.4 is 5.32 Å². The number of hydrogen-bond acceptors (Lipinski definition) is 4. The number of aromatic nitrogens is 2. The summed E-state index contributed by atoms with van der Waals surface area (Å²) in [5, 5.41) is 2.98. The van der Waals surface area contributed by atoms with E-state index in [1.165, 1.54) is 19.4 Å². The molecule has 1 aromatic heterocycles. The maximum atomic E-state index is 4.40. The molecule has 1 aliphatic carbocycles. The molecule has 0 bridgehead atoms. The Labute approximate surface area is 97.1 Å². The molecule has 88 valence electrons. The van der Waals surface area contributed by atoms with E-state index in [1.54, 1.807) is 6.20 Å². The normalized spacial score (nSPS) is 15.4. The predicted molar refractivity (Wildman–Crippen MR) is 65.3 cm³/mol. The molecule has 2 rings (SSSR count). The van der Waals surface area contributed by atoms with Crippen LogP contribution in [0.1, 0.15) is 25.5 Å². The van der Waals surface area contributed by atoms with Gasteiger partial charge in [-0.25, -0.2) is 4.98 Å². The van der Waals surface area contributed by atoms with Crippen LogP contribution in [0, 0.1) is 5.92 Å². The second-order valence-electron chi connectivity index (χ2n) is 4.41. The largest absolute Gasteiger partial charge is 0.372 e. The molecule has 0 aromatic carbocycles. The zero-order chi connectivity index (χ0) is 11.4. The molecule has 0 spiro atoms. The average Bonchev–Trinajstić information content (AvgIpc) is 3.13. The predicted octanol–water partition coefficient (Wildman–Crippen LogP) is 1.75. The average molecular weight is 220 g/mol. The van der Waals surface area contributed by atoms with Gasteiger partial charge >= 0.3 is 0 Å². The van der Waals surface area contributed by atoms with Crippen molar-refractivity contribution < 1.29 is 0 Å². The SMILES string of the molecule is CCN(Cc1cnc(NC)cn1)CC1CC1. The summed E-state index contributed by atoms with van der Waals surface area (Å²) in [4.78, 5) is 11.1. The molecule has 1 fully saturated rings. The second kappa shape index (κ2) is 5.25. The van der Waals surface area contributed by atoms with Gasteiger partial charge < -0.3 is 5.32 Å². The summed E-state index contributed by atoms with van der Waals surface area (Å²) < 4.78 is 0. The van der Waals surface area contributed by atoms with E-state index in [2.05, 4.69) is 27.1 Å². The van der Waals surface area contributed by atoms with E-state index in [-0.39, 0.29) is 0 Å². The number of hydrogen-bond donors (Lipinski definition) is 1. The van der Waals surface area contributed by atoms with Crippen LogP contribution in [-0.4, -0.2) is 35.0 Å². The van der Waals surface area contributed by atoms with Gasteiger partial charge in [0.15, 0.2) is 0 Å². The summed E-state index contributed by atoms with van der Waals surface area (Å²) in [6.45, 7) is 5.43. The Hall–Kier alpha value is -1.16. The van der Waals surface area contributed by atoms with Crippen molar-refractivity contribution in [3.05, 3.63) is 18.1 Å². The number of anilines is 1. The fourth-order valence-corrected chi connectivity index (χ4v) is 1.77. The Bertz CT molecular complexity index is 318. The first-order valence-electron chi connectivity index (χ1n) is 6.03. The van der Waals surface area contributed by atoms with Gasteiger partial charge in [-0.05, 0) is 25.3 Å². The van der Waals surface area contributed by atoms with Crippen molar-refractivity contribution in [3.63, 3.8) is 0 Å². The molecular formula is C12H20N4. The van der Waals surface area contributed by atoms with Crippen LogP contribution in [0.5, 0.6) is 0 Å². The van der Waals surface area contributed by atoms with Gasteiger partial charge in [-0.3, -0.25) is 9.88 Å². The summed E-state index contributed by atoms with van der Waals surface area (Å²) in [5.41, 5.74) is 1.06. The van der Waals surface area contributed by atoms with Crippen molar-refractivity contribution in [2.24, 2.45) is 5.92 Å². The lowest BCUT2D eigenvalue weighted by Gasteiger charge is -2.19. The molecule has 1 heterocycles. The Morgan fingerprint density at radius 1 is 1.38 bits per heavy atom. The minimum absolute atomic E-state index is 0.828. The summed E-state index contributed by atoms with van der Waals surface area (Å²) in [6.07, 6.45) is 6.46. The van der Waals surface area contributed by atoms with Crippen LogP contribution in [0.15, 0.2) is 12.4 Å². The molecule has 4 nitrogen and oxygen atoms in total. The van der Waals surface area contributed by atoms with Gasteiger partial charge in [0, 0.05) is 20.1 Å². The fraction of sp³-hybridized carbons (Fsp3) is 0.667. The highest BCUT2D eigenvalue weighted by atomic mass is 15.1. The number of nitrogens with zero attached hydrogens (tertiary/aromatic N) is 3. The monoisotopic (exact) mass is 220 g/mol. The van der Waals surface area contributed by atoms with E-state index in [4.69, 9.17) is 0 Å². The number of nitrogens with one attached hydrogen (secondary N) is 1. The van der Waals surface area contributed by atoms with E-state index in [0.717, 1.165) is 30.5 Å². The van der Waals surface area contributed by atoms with Crippen LogP contribution in [0.25, 0.3) is 0 Å². The van der Waals surface area contributed by atoms with Gasteiger partial charge in [0.2, 0.25) is 0 Å². The van der Waals surface area contributed by atoms with Crippen molar-refractivity contribution in [1.82, 2.24) is 14.9 Å². The van der Waals surface area contributed by atoms with E-state index in [0.29, 0.717) is 0 Å². The molecule has 0 saturated heterocycles. The van der Waals surface area contributed by atoms with Crippen LogP contribution in [0.4, 0.5) is 5.82 Å². The third kappa shape index (κ3) is 3.17. The number of rotatable bonds is 6. The van der Waals surface area contributed by atoms with E-state index >= 15 is 0 Å². The molecule has 0 radical (unpaired) electrons. The molecule has 1 aromatic rings. The quantitative estimate of drug-likeness (QED) is 0.793. The van der Waals surface area contributed by atoms with Crippen molar-refractivity contribution >= 4 is 5.82 Å². The minimum atomic E-state index is 0.828. The van der Waals surface area contributed by atoms with Crippen molar-refractivity contribution in [3.8, 4) is 0 Å². The summed E-state index contributed by atoms with van der Waals surface area (Å²) in [6, 6.07) is 0. The Balaban J connectivity index is 1.89. The van der Waals surface area contributed by atoms with E-state index in [9.17, 15) is 0 Å². The lowest BCUT2D eigenvalue weighted by molar-refractivity contribution is 0.265. The Morgan fingerprint density at radius 2 is 2.19 bits per heavy atom. The molecule has 0 aliphatic heterocycles. The highest BCUT2D eigenvalue weighted by Crippen LogP contribution is 2.29. The molecule has 0 atom stereocenters. The lowest BCUT2D eigenvalue weighted by Crippen LogP contribution is -2.25. The smallest absolute Gasteiger partial charge is 0.144 e. The first kappa shape index (κ1) is 11.3. The van der Waals surface area contributed by atoms with E-state index in [1.807, 2.05) is 13.2 Å². The van der Waals surface area contributed by atoms with Gasteiger partial charge in [-0.2, -0.15) is 0 Å². The summed E-state index contributed by atoms with van der Waals surface area (Å²) in [7, 11) is 1.86. The van der Waals surface area contributed by atoms with Crippen LogP contribution in [0.2, 0.25) is 0 Å². The van der Waals surface area contributed by atoms with E-state index < -0.39 is 0 Å². The van der Waals surface area contributed by atoms with Gasteiger partial charge in [0.05, 0.1) is 18.1 Å². The third-order valence-electron chi connectivity index (χ3n) is 3.01. The maximum absolute atomic E-state index is 4.40. The molecular weight excluding hydrogens is 200 g/mol. The second-order valence-corrected chi connectivity index (χ2v) is 4.41. The van der Waals surface area contributed by atoms with Gasteiger partial charge in [0.1, 0.15) is 5.82 Å². The van der Waals surface area contributed by atoms with Crippen molar-refractivity contribution in [1.29, 1.82) is 0 Å². The standard InChI is InChI=1S/C12H20N4/c1-3-16(8-10-4-5-10)9-11-6-15-12(13-2)7-14-11/h6-7,10H,3-5,8-9H2,1-2H3,(H,13,15). The summed E-state index contributed by atoms with van der Waals surface area (Å²) in [5.74, 6) is 1.76. The van der Waals surface area contributed by atoms with Gasteiger partial charge in [-0.1, -0.05) is 6.92 Å². The van der Waals surface area contributed by atoms with Crippen molar-refractivity contribution in [2.45, 2.75) is 26.3 Å². The van der Waals surface area contributed by atoms with Crippen molar-refractivity contribution in [2.75, 3.05) is 25.5 Å². The molecule has 1 N–H and O–H groups in total. The highest BCUT2D eigenvalue weighted by Gasteiger charge is 2.23. The molecule has 1 saturated carbocycles. The third-order valence-corrected chi connectivity index (χ3v) is 3.01. The lowest BCUT2D eigenvalue weighted by atomic mass is 10.3. The molecule has 4 heteroatoms. The van der Waals surface area contributed by atoms with Crippen LogP contribution in [0.3, 0.4) is 0 Å². The molecule has 1 aliphatic rings. The molecule has 16 heavy (non-hydrogen) atoms. The Morgan fingerprint density at radius 3 is 2.69 bits per heavy atom. The molecule has 0 unspecified atom stereocenters. The minimum Gasteiger partial charge on any atom is -0.372 e. The first-order chi connectivity index (χ1) is 7.81. The van der Waals surface area contributed by atoms with Gasteiger partial charge in [-0.15, -0.1) is 0 Å². The zero-order valence-corrected chi connectivity index (χ0v) is 10.1. The molecule has 0 amide bonds. The maximum Gasteiger partial charge on any atom is 0.144 e. The topological polar surface area (TPSA) is 41.1 Å².